The molecule has 2 aliphatic heterocycles. The number of hydrogen-bond donors (Lipinski definition) is 2. The van der Waals surface area contributed by atoms with Gasteiger partial charge in [-0.05, 0) is 64.3 Å². The van der Waals surface area contributed by atoms with Gasteiger partial charge in [-0.3, -0.25) is 0 Å². The summed E-state index contributed by atoms with van der Waals surface area (Å²) in [5.41, 5.74) is 1.16. The minimum atomic E-state index is -2.53. The number of carbonyl (C=O) groups excluding carboxylic acids is 1. The Hall–Kier alpha value is -3.44. The average Bonchev–Trinajstić information content (AvgIpc) is 3.72. The Labute approximate surface area is 241 Å². The molecule has 3 aliphatic rings. The number of nitrogens with zero attached hydrogens (tertiary/aromatic N) is 5. The van der Waals surface area contributed by atoms with Crippen LogP contribution in [0, 0.1) is 6.92 Å². The molecule has 1 amide bonds. The molecule has 6 rings (SSSR count). The molecule has 1 aromatic heterocycles. The lowest BCUT2D eigenvalue weighted by Gasteiger charge is -2.47. The summed E-state index contributed by atoms with van der Waals surface area (Å²) in [7, 11) is -2.53. The monoisotopic (exact) mass is 578 g/mol. The molecule has 0 spiro atoms. The van der Waals surface area contributed by atoms with Gasteiger partial charge < -0.3 is 25.0 Å². The van der Waals surface area contributed by atoms with Crippen LogP contribution in [0.2, 0.25) is 0 Å². The molecular formula is C30H38N6O4S. The number of carbonyl (C=O) groups is 1. The zero-order chi connectivity index (χ0) is 29.0. The first-order chi connectivity index (χ1) is 19.4. The standard InChI is InChI=1S/C30H38N6O4S/c1-20-9-12-24-23(15-20)26(36-18-30(38,19-36)17-31-28(37)40-29(2,3)4)33-27(32-24)35-13-14-41(39,34-22-10-11-22)25-8-6-5-7-21(25)16-35/h5-9,12,15,22,38H,10-11,13-14,16-19H2,1-4H3,(H,31,37). The van der Waals surface area contributed by atoms with Crippen molar-refractivity contribution in [2.75, 3.05) is 41.7 Å². The molecule has 2 N–H and O–H groups in total. The zero-order valence-electron chi connectivity index (χ0n) is 24.1. The molecule has 1 atom stereocenters. The number of β-amino-alcohol motifs (C(OH)–C–C–N with tert-alkyl or cyclic N) is 1. The van der Waals surface area contributed by atoms with Crippen molar-refractivity contribution in [1.29, 1.82) is 0 Å². The topological polar surface area (TPSA) is 120 Å². The van der Waals surface area contributed by atoms with E-state index in [1.165, 1.54) is 0 Å². The van der Waals surface area contributed by atoms with E-state index in [9.17, 15) is 14.1 Å². The van der Waals surface area contributed by atoms with E-state index in [0.717, 1.165) is 45.6 Å². The van der Waals surface area contributed by atoms with Crippen molar-refractivity contribution in [1.82, 2.24) is 15.3 Å². The Balaban J connectivity index is 1.28. The van der Waals surface area contributed by atoms with Gasteiger partial charge in [-0.15, -0.1) is 0 Å². The Morgan fingerprint density at radius 1 is 1.17 bits per heavy atom. The third kappa shape index (κ3) is 5.97. The van der Waals surface area contributed by atoms with Crippen molar-refractivity contribution in [2.24, 2.45) is 4.36 Å². The van der Waals surface area contributed by atoms with Crippen LogP contribution in [-0.4, -0.2) is 74.6 Å². The molecule has 1 aliphatic carbocycles. The van der Waals surface area contributed by atoms with Crippen LogP contribution in [0.1, 0.15) is 44.7 Å². The first-order valence-electron chi connectivity index (χ1n) is 14.2. The van der Waals surface area contributed by atoms with Crippen LogP contribution in [0.25, 0.3) is 10.9 Å². The molecule has 1 saturated heterocycles. The van der Waals surface area contributed by atoms with E-state index in [1.807, 2.05) is 48.2 Å². The largest absolute Gasteiger partial charge is 0.444 e. The maximum Gasteiger partial charge on any atom is 0.407 e. The molecule has 3 heterocycles. The predicted octanol–water partition coefficient (Wildman–Crippen LogP) is 4.02. The average molecular weight is 579 g/mol. The highest BCUT2D eigenvalue weighted by Gasteiger charge is 2.43. The molecule has 2 fully saturated rings. The second-order valence-corrected chi connectivity index (χ2v) is 14.9. The summed E-state index contributed by atoms with van der Waals surface area (Å²) < 4.78 is 24.2. The number of amides is 1. The number of nitrogens with one attached hydrogen (secondary N) is 1. The lowest BCUT2D eigenvalue weighted by Crippen LogP contribution is -2.67. The van der Waals surface area contributed by atoms with Crippen LogP contribution in [0.3, 0.4) is 0 Å². The number of rotatable bonds is 5. The van der Waals surface area contributed by atoms with E-state index in [-0.39, 0.29) is 12.6 Å². The number of fused-ring (bicyclic) bond motifs is 2. The number of anilines is 2. The molecule has 0 bridgehead atoms. The van der Waals surface area contributed by atoms with Crippen molar-refractivity contribution in [3.05, 3.63) is 53.6 Å². The molecule has 1 saturated carbocycles. The fourth-order valence-corrected chi connectivity index (χ4v) is 7.78. The number of ether oxygens (including phenoxy) is 1. The van der Waals surface area contributed by atoms with Gasteiger partial charge in [0.1, 0.15) is 17.0 Å². The van der Waals surface area contributed by atoms with E-state index >= 15 is 0 Å². The number of alkyl carbamates (subject to hydrolysis) is 1. The lowest BCUT2D eigenvalue weighted by molar-refractivity contribution is 0.00464. The lowest BCUT2D eigenvalue weighted by atomic mass is 9.93. The Bertz CT molecular complexity index is 1620. The first kappa shape index (κ1) is 27.7. The zero-order valence-corrected chi connectivity index (χ0v) is 24.9. The third-order valence-corrected chi connectivity index (χ3v) is 9.97. The smallest absolute Gasteiger partial charge is 0.407 e. The maximum atomic E-state index is 14.1. The summed E-state index contributed by atoms with van der Waals surface area (Å²) in [6.45, 7) is 9.17. The molecule has 11 heteroatoms. The van der Waals surface area contributed by atoms with Crippen molar-refractivity contribution in [3.63, 3.8) is 0 Å². The summed E-state index contributed by atoms with van der Waals surface area (Å²) in [5.74, 6) is 1.71. The van der Waals surface area contributed by atoms with Gasteiger partial charge in [-0.2, -0.15) is 4.98 Å². The van der Waals surface area contributed by atoms with E-state index in [2.05, 4.69) is 16.3 Å². The van der Waals surface area contributed by atoms with Gasteiger partial charge >= 0.3 is 6.09 Å². The molecule has 1 unspecified atom stereocenters. The van der Waals surface area contributed by atoms with E-state index in [4.69, 9.17) is 19.1 Å². The molecule has 218 valence electrons. The van der Waals surface area contributed by atoms with Crippen LogP contribution in [0.15, 0.2) is 51.7 Å². The van der Waals surface area contributed by atoms with E-state index < -0.39 is 27.0 Å². The van der Waals surface area contributed by atoms with E-state index in [0.29, 0.717) is 37.9 Å². The first-order valence-corrected chi connectivity index (χ1v) is 15.9. The van der Waals surface area contributed by atoms with Gasteiger partial charge in [-0.25, -0.2) is 18.4 Å². The predicted molar refractivity (Wildman–Crippen MR) is 160 cm³/mol. The molecule has 2 aromatic carbocycles. The number of aliphatic hydroxyl groups is 1. The molecule has 41 heavy (non-hydrogen) atoms. The second kappa shape index (κ2) is 10.1. The second-order valence-electron chi connectivity index (χ2n) is 12.5. The Morgan fingerprint density at radius 2 is 1.93 bits per heavy atom. The summed E-state index contributed by atoms with van der Waals surface area (Å²) in [4.78, 5) is 27.0. The summed E-state index contributed by atoms with van der Waals surface area (Å²) >= 11 is 0. The van der Waals surface area contributed by atoms with Gasteiger partial charge in [0.2, 0.25) is 5.95 Å². The SMILES string of the molecule is Cc1ccc2nc(N3CCS(=O)(=NC4CC4)c4ccccc4C3)nc(N3CC(O)(CNC(=O)OC(C)(C)C)C3)c2c1. The third-order valence-electron chi connectivity index (χ3n) is 7.51. The highest BCUT2D eigenvalue weighted by atomic mass is 32.2. The summed E-state index contributed by atoms with van der Waals surface area (Å²) in [6, 6.07) is 14.2. The maximum absolute atomic E-state index is 14.1. The van der Waals surface area contributed by atoms with Gasteiger partial charge in [0.25, 0.3) is 0 Å². The minimum Gasteiger partial charge on any atom is -0.444 e. The van der Waals surface area contributed by atoms with Crippen LogP contribution in [0.4, 0.5) is 16.6 Å². The van der Waals surface area contributed by atoms with Crippen LogP contribution in [0.5, 0.6) is 0 Å². The highest BCUT2D eigenvalue weighted by molar-refractivity contribution is 7.93. The summed E-state index contributed by atoms with van der Waals surface area (Å²) in [5, 5.41) is 14.7. The quantitative estimate of drug-likeness (QED) is 0.466. The van der Waals surface area contributed by atoms with Gasteiger partial charge in [0.15, 0.2) is 0 Å². The van der Waals surface area contributed by atoms with Crippen molar-refractivity contribution >= 4 is 38.5 Å². The molecule has 0 radical (unpaired) electrons. The van der Waals surface area contributed by atoms with Crippen molar-refractivity contribution in [2.45, 2.75) is 69.2 Å². The van der Waals surface area contributed by atoms with E-state index in [1.54, 1.807) is 20.8 Å². The van der Waals surface area contributed by atoms with Gasteiger partial charge in [-0.1, -0.05) is 29.8 Å². The van der Waals surface area contributed by atoms with Gasteiger partial charge in [0, 0.05) is 18.5 Å². The Kier molecular flexibility index (Phi) is 6.85. The molecular weight excluding hydrogens is 540 g/mol. The Morgan fingerprint density at radius 3 is 2.66 bits per heavy atom. The van der Waals surface area contributed by atoms with Crippen molar-refractivity contribution < 1.29 is 18.8 Å². The number of aromatic nitrogens is 2. The van der Waals surface area contributed by atoms with Gasteiger partial charge in [0.05, 0.1) is 51.6 Å². The fraction of sp³-hybridized carbons (Fsp3) is 0.500. The normalized spacial score (nSPS) is 22.0. The van der Waals surface area contributed by atoms with Crippen LogP contribution in [-0.2, 0) is 21.0 Å². The number of benzene rings is 2. The number of aryl methyl sites for hydroxylation is 1. The summed E-state index contributed by atoms with van der Waals surface area (Å²) in [6.07, 6.45) is 1.46. The fourth-order valence-electron chi connectivity index (χ4n) is 5.35. The highest BCUT2D eigenvalue weighted by Crippen LogP contribution is 2.36. The van der Waals surface area contributed by atoms with Crippen LogP contribution < -0.4 is 15.1 Å². The minimum absolute atomic E-state index is 0.0784. The van der Waals surface area contributed by atoms with Crippen LogP contribution >= 0.6 is 0 Å². The van der Waals surface area contributed by atoms with Crippen molar-refractivity contribution in [3.8, 4) is 0 Å². The number of hydrogen-bond acceptors (Lipinski definition) is 9. The molecule has 10 nitrogen and oxygen atoms in total. The molecule has 3 aromatic rings.